The Balaban J connectivity index is 2.23. The number of thiazole rings is 1. The van der Waals surface area contributed by atoms with Crippen molar-refractivity contribution in [2.75, 3.05) is 0 Å². The number of rotatable bonds is 5. The highest BCUT2D eigenvalue weighted by Gasteiger charge is 2.26. The number of nitrogens with zero attached hydrogens (tertiary/aromatic N) is 1. The lowest BCUT2D eigenvalue weighted by Gasteiger charge is -2.28. The van der Waals surface area contributed by atoms with Gasteiger partial charge in [-0.2, -0.15) is 0 Å². The summed E-state index contributed by atoms with van der Waals surface area (Å²) in [7, 11) is 0. The predicted octanol–water partition coefficient (Wildman–Crippen LogP) is 12.9. The number of para-hydroxylation sites is 1. The van der Waals surface area contributed by atoms with Gasteiger partial charge >= 0.3 is 0 Å². The second-order valence-corrected chi connectivity index (χ2v) is 18.3. The molecule has 0 aliphatic rings. The average Bonchev–Trinajstić information content (AvgIpc) is 3.24. The van der Waals surface area contributed by atoms with Crippen LogP contribution in [-0.2, 0) is 34.5 Å². The second kappa shape index (κ2) is 12.0. The van der Waals surface area contributed by atoms with E-state index in [1.165, 1.54) is 60.8 Å². The lowest BCUT2D eigenvalue weighted by atomic mass is 9.77. The van der Waals surface area contributed by atoms with Gasteiger partial charge in [0.05, 0.1) is 5.69 Å². The zero-order valence-electron chi connectivity index (χ0n) is 29.9. The van der Waals surface area contributed by atoms with Gasteiger partial charge in [-0.25, -0.2) is 0 Å². The molecule has 0 aliphatic heterocycles. The molecular weight excluding hydrogens is 571 g/mol. The van der Waals surface area contributed by atoms with Gasteiger partial charge in [0.15, 0.2) is 3.95 Å². The average molecular weight is 626 g/mol. The molecule has 0 saturated carbocycles. The van der Waals surface area contributed by atoms with E-state index in [0.717, 1.165) is 16.8 Å². The van der Waals surface area contributed by atoms with Crippen LogP contribution >= 0.6 is 23.6 Å². The molecule has 0 fully saturated rings. The highest BCUT2D eigenvalue weighted by molar-refractivity contribution is 7.73. The summed E-state index contributed by atoms with van der Waals surface area (Å²) in [5.74, 6) is 0. The molecule has 0 radical (unpaired) electrons. The van der Waals surface area contributed by atoms with E-state index in [-0.39, 0.29) is 21.7 Å². The molecule has 44 heavy (non-hydrogen) atoms. The Morgan fingerprint density at radius 1 is 0.568 bits per heavy atom. The van der Waals surface area contributed by atoms with Crippen LogP contribution in [0.3, 0.4) is 0 Å². The van der Waals surface area contributed by atoms with Crippen molar-refractivity contribution >= 4 is 23.6 Å². The van der Waals surface area contributed by atoms with Crippen LogP contribution in [-0.4, -0.2) is 4.57 Å². The summed E-state index contributed by atoms with van der Waals surface area (Å²) >= 11 is 7.99. The predicted molar refractivity (Wildman–Crippen MR) is 199 cm³/mol. The van der Waals surface area contributed by atoms with Crippen molar-refractivity contribution in [2.24, 2.45) is 0 Å². The topological polar surface area (TPSA) is 4.93 Å². The Hall–Kier alpha value is -2.49. The van der Waals surface area contributed by atoms with E-state index in [4.69, 9.17) is 12.2 Å². The van der Waals surface area contributed by atoms with Crippen molar-refractivity contribution in [2.45, 2.75) is 131 Å². The van der Waals surface area contributed by atoms with E-state index < -0.39 is 0 Å². The molecule has 0 atom stereocenters. The lowest BCUT2D eigenvalue weighted by molar-refractivity contribution is 0.568. The van der Waals surface area contributed by atoms with Crippen LogP contribution in [0.15, 0.2) is 54.6 Å². The van der Waals surface area contributed by atoms with E-state index in [1.54, 1.807) is 11.3 Å². The zero-order valence-corrected chi connectivity index (χ0v) is 31.5. The lowest BCUT2D eigenvalue weighted by Crippen LogP contribution is -2.17. The van der Waals surface area contributed by atoms with Crippen LogP contribution in [0, 0.1) is 3.95 Å². The molecule has 4 rings (SSSR count). The minimum absolute atomic E-state index is 0.0269. The summed E-state index contributed by atoms with van der Waals surface area (Å²) in [4.78, 5) is 1.39. The van der Waals surface area contributed by atoms with Crippen molar-refractivity contribution in [1.82, 2.24) is 4.57 Å². The first-order valence-electron chi connectivity index (χ1n) is 16.4. The van der Waals surface area contributed by atoms with E-state index in [2.05, 4.69) is 156 Å². The van der Waals surface area contributed by atoms with Gasteiger partial charge in [-0.3, -0.25) is 4.57 Å². The van der Waals surface area contributed by atoms with E-state index in [0.29, 0.717) is 0 Å². The zero-order chi connectivity index (χ0) is 33.0. The Kier molecular flexibility index (Phi) is 9.40. The van der Waals surface area contributed by atoms with Crippen molar-refractivity contribution in [3.63, 3.8) is 0 Å². The molecule has 0 saturated heterocycles. The first-order chi connectivity index (χ1) is 20.2. The normalized spacial score (nSPS) is 13.0. The van der Waals surface area contributed by atoms with Crippen LogP contribution in [0.25, 0.3) is 27.9 Å². The van der Waals surface area contributed by atoms with E-state index in [1.807, 2.05) is 0 Å². The van der Waals surface area contributed by atoms with Gasteiger partial charge in [0.2, 0.25) is 0 Å². The maximum Gasteiger partial charge on any atom is 0.166 e. The third-order valence-electron chi connectivity index (χ3n) is 8.85. The molecule has 1 aromatic heterocycles. The molecule has 4 aromatic rings. The minimum atomic E-state index is 0.0269. The molecule has 0 N–H and O–H groups in total. The SMILES string of the molecule is CCc1sc(=S)n(-c2c(-c3cc(C(C)(C)C)cc(C(C)(C)C)c3)cccc2-c2cc(C(C)(C)C)cc(C(C)(C)C)c2)c1CC. The maximum absolute atomic E-state index is 6.22. The van der Waals surface area contributed by atoms with Gasteiger partial charge in [-0.15, -0.1) is 11.3 Å². The fourth-order valence-electron chi connectivity index (χ4n) is 5.85. The maximum atomic E-state index is 6.22. The van der Waals surface area contributed by atoms with Crippen molar-refractivity contribution in [1.29, 1.82) is 0 Å². The van der Waals surface area contributed by atoms with Gasteiger partial charge in [0.1, 0.15) is 0 Å². The van der Waals surface area contributed by atoms with Crippen LogP contribution < -0.4 is 0 Å². The fourth-order valence-corrected chi connectivity index (χ4v) is 7.36. The summed E-state index contributed by atoms with van der Waals surface area (Å²) in [5.41, 5.74) is 13.1. The molecule has 3 aromatic carbocycles. The quantitative estimate of drug-likeness (QED) is 0.200. The third kappa shape index (κ3) is 7.00. The Morgan fingerprint density at radius 2 is 0.932 bits per heavy atom. The smallest absolute Gasteiger partial charge is 0.166 e. The molecule has 0 aliphatic carbocycles. The van der Waals surface area contributed by atoms with Gasteiger partial charge in [0, 0.05) is 21.7 Å². The number of aromatic nitrogens is 1. The van der Waals surface area contributed by atoms with Crippen molar-refractivity contribution < 1.29 is 0 Å². The number of benzene rings is 3. The molecule has 1 heterocycles. The van der Waals surface area contributed by atoms with Crippen LogP contribution in [0.1, 0.15) is 130 Å². The monoisotopic (exact) mass is 625 g/mol. The summed E-state index contributed by atoms with van der Waals surface area (Å²) < 4.78 is 3.35. The van der Waals surface area contributed by atoms with Gasteiger partial charge in [-0.05, 0) is 80.1 Å². The molecular formula is C41H55NS2. The first kappa shape index (κ1) is 34.4. The Morgan fingerprint density at radius 3 is 1.23 bits per heavy atom. The molecule has 1 nitrogen and oxygen atoms in total. The summed E-state index contributed by atoms with van der Waals surface area (Å²) in [6.07, 6.45) is 1.93. The largest absolute Gasteiger partial charge is 0.294 e. The highest BCUT2D eigenvalue weighted by atomic mass is 32.1. The summed E-state index contributed by atoms with van der Waals surface area (Å²) in [5, 5.41) is 0. The number of aryl methyl sites for hydroxylation is 1. The Bertz CT molecular complexity index is 1560. The first-order valence-corrected chi connectivity index (χ1v) is 17.6. The second-order valence-electron chi connectivity index (χ2n) is 16.6. The van der Waals surface area contributed by atoms with Crippen molar-refractivity contribution in [3.05, 3.63) is 91.4 Å². The molecule has 0 amide bonds. The summed E-state index contributed by atoms with van der Waals surface area (Å²) in [6.45, 7) is 32.3. The fraction of sp³-hybridized carbons (Fsp3) is 0.488. The number of hydrogen-bond acceptors (Lipinski definition) is 2. The Labute approximate surface area is 277 Å². The minimum Gasteiger partial charge on any atom is -0.294 e. The molecule has 0 spiro atoms. The van der Waals surface area contributed by atoms with Gasteiger partial charge in [-0.1, -0.05) is 152 Å². The van der Waals surface area contributed by atoms with Crippen LogP contribution in [0.5, 0.6) is 0 Å². The molecule has 0 bridgehead atoms. The van der Waals surface area contributed by atoms with E-state index in [9.17, 15) is 0 Å². The van der Waals surface area contributed by atoms with Crippen LogP contribution in [0.2, 0.25) is 0 Å². The molecule has 3 heteroatoms. The van der Waals surface area contributed by atoms with Gasteiger partial charge < -0.3 is 0 Å². The molecule has 0 unspecified atom stereocenters. The third-order valence-corrected chi connectivity index (χ3v) is 10.4. The summed E-state index contributed by atoms with van der Waals surface area (Å²) in [6, 6.07) is 21.4. The van der Waals surface area contributed by atoms with Crippen LogP contribution in [0.4, 0.5) is 0 Å². The van der Waals surface area contributed by atoms with Gasteiger partial charge in [0.25, 0.3) is 0 Å². The highest BCUT2D eigenvalue weighted by Crippen LogP contribution is 2.43. The molecule has 236 valence electrons. The van der Waals surface area contributed by atoms with Crippen molar-refractivity contribution in [3.8, 4) is 27.9 Å². The standard InChI is InChI=1S/C41H55NS2/c1-15-34-35(16-2)44-37(43)42(34)36-32(26-20-28(38(3,4)5)24-29(21-26)39(6,7)8)18-17-19-33(36)27-22-30(40(9,10)11)25-31(23-27)41(12,13)14/h17-25H,15-16H2,1-14H3. The number of hydrogen-bond donors (Lipinski definition) is 0. The van der Waals surface area contributed by atoms with E-state index >= 15 is 0 Å².